The second-order valence-electron chi connectivity index (χ2n) is 4.31. The first kappa shape index (κ1) is 16.8. The normalized spacial score (nSPS) is 9.81. The van der Waals surface area contributed by atoms with Gasteiger partial charge in [0.1, 0.15) is 11.5 Å². The third-order valence-corrected chi connectivity index (χ3v) is 2.68. The molecule has 0 aromatic heterocycles. The van der Waals surface area contributed by atoms with E-state index in [0.717, 1.165) is 11.5 Å². The van der Waals surface area contributed by atoms with Crippen molar-refractivity contribution in [1.82, 2.24) is 10.6 Å². The second kappa shape index (κ2) is 9.63. The predicted octanol–water partition coefficient (Wildman–Crippen LogP) is 1.11. The Bertz CT molecular complexity index is 445. The van der Waals surface area contributed by atoms with Crippen LogP contribution in [-0.2, 0) is 9.59 Å². The Morgan fingerprint density at radius 3 is 2.24 bits per heavy atom. The zero-order valence-electron chi connectivity index (χ0n) is 12.5. The summed E-state index contributed by atoms with van der Waals surface area (Å²) in [6.07, 6.45) is 0.917. The van der Waals surface area contributed by atoms with Crippen LogP contribution in [0.15, 0.2) is 24.3 Å². The molecule has 0 aliphatic rings. The van der Waals surface area contributed by atoms with Gasteiger partial charge in [-0.2, -0.15) is 0 Å². The molecule has 0 fully saturated rings. The minimum Gasteiger partial charge on any atom is -0.494 e. The van der Waals surface area contributed by atoms with Crippen LogP contribution in [0.3, 0.4) is 0 Å². The number of likely N-dealkylation sites (N-methyl/N-ethyl adjacent to an activating group) is 1. The van der Waals surface area contributed by atoms with Crippen LogP contribution in [0, 0.1) is 0 Å². The molecule has 0 spiro atoms. The number of carbonyl (C=O) groups is 2. The van der Waals surface area contributed by atoms with Gasteiger partial charge in [0.25, 0.3) is 0 Å². The Morgan fingerprint density at radius 1 is 1.05 bits per heavy atom. The fourth-order valence-corrected chi connectivity index (χ4v) is 1.58. The minimum atomic E-state index is -0.214. The van der Waals surface area contributed by atoms with Crippen molar-refractivity contribution in [1.29, 1.82) is 0 Å². The van der Waals surface area contributed by atoms with Crippen molar-refractivity contribution in [2.24, 2.45) is 0 Å². The van der Waals surface area contributed by atoms with Gasteiger partial charge in [0.05, 0.1) is 19.8 Å². The van der Waals surface area contributed by atoms with E-state index in [4.69, 9.17) is 9.47 Å². The van der Waals surface area contributed by atoms with Gasteiger partial charge in [-0.15, -0.1) is 0 Å². The first-order valence-electron chi connectivity index (χ1n) is 6.98. The van der Waals surface area contributed by atoms with E-state index in [9.17, 15) is 9.59 Å². The highest BCUT2D eigenvalue weighted by atomic mass is 16.5. The molecule has 0 aliphatic heterocycles. The molecule has 6 nitrogen and oxygen atoms in total. The number of amides is 2. The van der Waals surface area contributed by atoms with Crippen LogP contribution in [0.5, 0.6) is 11.5 Å². The molecule has 21 heavy (non-hydrogen) atoms. The van der Waals surface area contributed by atoms with Crippen LogP contribution >= 0.6 is 0 Å². The van der Waals surface area contributed by atoms with Gasteiger partial charge in [0.2, 0.25) is 11.8 Å². The highest BCUT2D eigenvalue weighted by Gasteiger charge is 2.04. The summed E-state index contributed by atoms with van der Waals surface area (Å²) in [5, 5.41) is 4.96. The highest BCUT2D eigenvalue weighted by Crippen LogP contribution is 2.17. The van der Waals surface area contributed by atoms with Crippen molar-refractivity contribution in [3.05, 3.63) is 24.3 Å². The van der Waals surface area contributed by atoms with Gasteiger partial charge in [-0.25, -0.2) is 0 Å². The van der Waals surface area contributed by atoms with Crippen LogP contribution in [-0.4, -0.2) is 38.6 Å². The van der Waals surface area contributed by atoms with Crippen molar-refractivity contribution < 1.29 is 19.1 Å². The Balaban J connectivity index is 2.15. The molecule has 0 aliphatic carbocycles. The predicted molar refractivity (Wildman–Crippen MR) is 79.4 cm³/mol. The maximum atomic E-state index is 11.4. The Morgan fingerprint density at radius 2 is 1.67 bits per heavy atom. The summed E-state index contributed by atoms with van der Waals surface area (Å²) < 4.78 is 10.9. The fourth-order valence-electron chi connectivity index (χ4n) is 1.58. The van der Waals surface area contributed by atoms with Crippen molar-refractivity contribution in [3.63, 3.8) is 0 Å². The number of hydrogen-bond donors (Lipinski definition) is 2. The first-order valence-corrected chi connectivity index (χ1v) is 6.98. The summed E-state index contributed by atoms with van der Waals surface area (Å²) in [5.74, 6) is 1.17. The molecule has 1 rings (SSSR count). The maximum absolute atomic E-state index is 11.4. The lowest BCUT2D eigenvalue weighted by atomic mass is 10.3. The quantitative estimate of drug-likeness (QED) is 0.669. The molecular formula is C15H22N2O4. The number of carbonyl (C=O) groups excluding carboxylic acids is 2. The van der Waals surface area contributed by atoms with Crippen molar-refractivity contribution >= 4 is 11.8 Å². The van der Waals surface area contributed by atoms with Gasteiger partial charge >= 0.3 is 0 Å². The molecule has 0 unspecified atom stereocenters. The van der Waals surface area contributed by atoms with E-state index in [0.29, 0.717) is 26.1 Å². The van der Waals surface area contributed by atoms with E-state index in [1.807, 2.05) is 31.2 Å². The number of benzene rings is 1. The third-order valence-electron chi connectivity index (χ3n) is 2.68. The number of ether oxygens (including phenoxy) is 2. The summed E-state index contributed by atoms with van der Waals surface area (Å²) in [6, 6.07) is 7.34. The van der Waals surface area contributed by atoms with Crippen molar-refractivity contribution in [2.75, 3.05) is 26.8 Å². The summed E-state index contributed by atoms with van der Waals surface area (Å²) >= 11 is 0. The van der Waals surface area contributed by atoms with Crippen LogP contribution in [0.2, 0.25) is 0 Å². The smallest absolute Gasteiger partial charge is 0.239 e. The zero-order chi connectivity index (χ0) is 15.5. The number of hydrogen-bond acceptors (Lipinski definition) is 4. The lowest BCUT2D eigenvalue weighted by Gasteiger charge is -2.08. The van der Waals surface area contributed by atoms with Gasteiger partial charge in [-0.1, -0.05) is 0 Å². The van der Waals surface area contributed by atoms with E-state index in [2.05, 4.69) is 10.6 Å². The van der Waals surface area contributed by atoms with Crippen LogP contribution in [0.25, 0.3) is 0 Å². The standard InChI is InChI=1S/C15H22N2O4/c1-3-20-12-6-8-13(9-7-12)21-10-4-5-14(18)17-11-15(19)16-2/h6-9H,3-5,10-11H2,1-2H3,(H,16,19)(H,17,18). The Hall–Kier alpha value is -2.24. The summed E-state index contributed by atoms with van der Waals surface area (Å²) in [4.78, 5) is 22.4. The first-order chi connectivity index (χ1) is 10.2. The van der Waals surface area contributed by atoms with Gasteiger partial charge in [-0.05, 0) is 37.6 Å². The Kier molecular flexibility index (Phi) is 7.71. The van der Waals surface area contributed by atoms with E-state index in [1.54, 1.807) is 0 Å². The minimum absolute atomic E-state index is 0.00901. The zero-order valence-corrected chi connectivity index (χ0v) is 12.5. The maximum Gasteiger partial charge on any atom is 0.239 e. The SMILES string of the molecule is CCOc1ccc(OCCCC(=O)NCC(=O)NC)cc1. The fraction of sp³-hybridized carbons (Fsp3) is 0.467. The summed E-state index contributed by atoms with van der Waals surface area (Å²) in [7, 11) is 1.53. The van der Waals surface area contributed by atoms with Gasteiger partial charge in [-0.3, -0.25) is 9.59 Å². The molecule has 0 atom stereocenters. The van der Waals surface area contributed by atoms with E-state index >= 15 is 0 Å². The molecule has 0 saturated heterocycles. The molecule has 2 amide bonds. The van der Waals surface area contributed by atoms with E-state index in [1.165, 1.54) is 7.05 Å². The van der Waals surface area contributed by atoms with Gasteiger partial charge < -0.3 is 20.1 Å². The molecule has 0 bridgehead atoms. The molecule has 1 aromatic carbocycles. The summed E-state index contributed by atoms with van der Waals surface area (Å²) in [6.45, 7) is 3.02. The molecule has 1 aromatic rings. The average molecular weight is 294 g/mol. The lowest BCUT2D eigenvalue weighted by molar-refractivity contribution is -0.126. The van der Waals surface area contributed by atoms with Gasteiger partial charge in [0.15, 0.2) is 0 Å². The van der Waals surface area contributed by atoms with Crippen LogP contribution in [0.4, 0.5) is 0 Å². The van der Waals surface area contributed by atoms with Crippen LogP contribution in [0.1, 0.15) is 19.8 Å². The molecule has 0 saturated carbocycles. The molecule has 0 radical (unpaired) electrons. The Labute approximate surface area is 124 Å². The number of rotatable bonds is 9. The molecule has 0 heterocycles. The molecule has 6 heteroatoms. The lowest BCUT2D eigenvalue weighted by Crippen LogP contribution is -2.35. The van der Waals surface area contributed by atoms with E-state index in [-0.39, 0.29) is 18.4 Å². The monoisotopic (exact) mass is 294 g/mol. The van der Waals surface area contributed by atoms with Gasteiger partial charge in [0, 0.05) is 13.5 Å². The summed E-state index contributed by atoms with van der Waals surface area (Å²) in [5.41, 5.74) is 0. The molecule has 2 N–H and O–H groups in total. The molecule has 116 valence electrons. The van der Waals surface area contributed by atoms with Crippen LogP contribution < -0.4 is 20.1 Å². The average Bonchev–Trinajstić information content (AvgIpc) is 2.51. The third kappa shape index (κ3) is 7.20. The highest BCUT2D eigenvalue weighted by molar-refractivity contribution is 5.84. The molecular weight excluding hydrogens is 272 g/mol. The van der Waals surface area contributed by atoms with E-state index < -0.39 is 0 Å². The topological polar surface area (TPSA) is 76.7 Å². The van der Waals surface area contributed by atoms with Crippen molar-refractivity contribution in [2.45, 2.75) is 19.8 Å². The van der Waals surface area contributed by atoms with Crippen molar-refractivity contribution in [3.8, 4) is 11.5 Å². The largest absolute Gasteiger partial charge is 0.494 e. The number of nitrogens with one attached hydrogen (secondary N) is 2. The second-order valence-corrected chi connectivity index (χ2v) is 4.31.